The molecule has 2 aromatic rings. The maximum atomic E-state index is 11.8. The fourth-order valence-electron chi connectivity index (χ4n) is 2.19. The Kier molecular flexibility index (Phi) is 5.28. The van der Waals surface area contributed by atoms with Gasteiger partial charge in [0, 0.05) is 23.8 Å². The van der Waals surface area contributed by atoms with Gasteiger partial charge in [0.15, 0.2) is 0 Å². The average molecular weight is 330 g/mol. The zero-order chi connectivity index (χ0) is 17.7. The standard InChI is InChI=1S/C18H22N2O4/c1-18(2,3)24-16(21)12-15(17(22)23)19-13-6-8-14(9-7-13)20-10-4-5-11-20/h4-11,15,19H,12H2,1-3H3,(H,22,23)/t15-/m0/s1. The van der Waals surface area contributed by atoms with Gasteiger partial charge in [-0.05, 0) is 57.2 Å². The Balaban J connectivity index is 2.02. The number of aromatic nitrogens is 1. The van der Waals surface area contributed by atoms with Crippen LogP contribution < -0.4 is 5.32 Å². The molecule has 0 amide bonds. The molecule has 1 aromatic carbocycles. The van der Waals surface area contributed by atoms with E-state index in [1.54, 1.807) is 32.9 Å². The van der Waals surface area contributed by atoms with Gasteiger partial charge in [-0.25, -0.2) is 4.79 Å². The van der Waals surface area contributed by atoms with E-state index >= 15 is 0 Å². The van der Waals surface area contributed by atoms with Crippen molar-refractivity contribution in [3.63, 3.8) is 0 Å². The molecule has 6 heteroatoms. The Morgan fingerprint density at radius 1 is 1.17 bits per heavy atom. The van der Waals surface area contributed by atoms with E-state index in [2.05, 4.69) is 5.32 Å². The van der Waals surface area contributed by atoms with Gasteiger partial charge in [-0.15, -0.1) is 0 Å². The van der Waals surface area contributed by atoms with Crippen molar-refractivity contribution >= 4 is 17.6 Å². The van der Waals surface area contributed by atoms with Crippen LogP contribution in [0.5, 0.6) is 0 Å². The van der Waals surface area contributed by atoms with Gasteiger partial charge in [0.1, 0.15) is 11.6 Å². The number of nitrogens with zero attached hydrogens (tertiary/aromatic N) is 1. The van der Waals surface area contributed by atoms with Gasteiger partial charge >= 0.3 is 11.9 Å². The Morgan fingerprint density at radius 3 is 2.25 bits per heavy atom. The molecule has 0 bridgehead atoms. The number of carboxylic acid groups (broad SMARTS) is 1. The summed E-state index contributed by atoms with van der Waals surface area (Å²) in [7, 11) is 0. The van der Waals surface area contributed by atoms with Crippen LogP contribution in [0.3, 0.4) is 0 Å². The minimum atomic E-state index is -1.10. The molecule has 0 aliphatic carbocycles. The van der Waals surface area contributed by atoms with Crippen molar-refractivity contribution in [2.24, 2.45) is 0 Å². The Hall–Kier alpha value is -2.76. The number of rotatable bonds is 6. The van der Waals surface area contributed by atoms with Crippen LogP contribution in [0.1, 0.15) is 27.2 Å². The highest BCUT2D eigenvalue weighted by Crippen LogP contribution is 2.16. The summed E-state index contributed by atoms with van der Waals surface area (Å²) < 4.78 is 7.12. The van der Waals surface area contributed by atoms with Crippen LogP contribution in [0.25, 0.3) is 5.69 Å². The summed E-state index contributed by atoms with van der Waals surface area (Å²) in [6.45, 7) is 5.23. The summed E-state index contributed by atoms with van der Waals surface area (Å²) >= 11 is 0. The van der Waals surface area contributed by atoms with Gasteiger partial charge in [0.25, 0.3) is 0 Å². The molecule has 0 radical (unpaired) electrons. The summed E-state index contributed by atoms with van der Waals surface area (Å²) in [6, 6.07) is 10.1. The van der Waals surface area contributed by atoms with Gasteiger partial charge in [-0.2, -0.15) is 0 Å². The van der Waals surface area contributed by atoms with Crippen molar-refractivity contribution in [1.82, 2.24) is 4.57 Å². The molecule has 0 saturated carbocycles. The fraction of sp³-hybridized carbons (Fsp3) is 0.333. The first-order valence-electron chi connectivity index (χ1n) is 7.69. The number of ether oxygens (including phenoxy) is 1. The third kappa shape index (κ3) is 5.15. The van der Waals surface area contributed by atoms with Crippen LogP contribution in [0.2, 0.25) is 0 Å². The van der Waals surface area contributed by atoms with E-state index < -0.39 is 23.6 Å². The van der Waals surface area contributed by atoms with Crippen molar-refractivity contribution < 1.29 is 19.4 Å². The molecule has 24 heavy (non-hydrogen) atoms. The second-order valence-corrected chi connectivity index (χ2v) is 6.46. The third-order valence-corrected chi connectivity index (χ3v) is 3.20. The smallest absolute Gasteiger partial charge is 0.326 e. The second kappa shape index (κ2) is 7.21. The van der Waals surface area contributed by atoms with Crippen LogP contribution in [0, 0.1) is 0 Å². The summed E-state index contributed by atoms with van der Waals surface area (Å²) in [4.78, 5) is 23.2. The van der Waals surface area contributed by atoms with E-state index in [0.717, 1.165) is 5.69 Å². The lowest BCUT2D eigenvalue weighted by atomic mass is 10.1. The predicted molar refractivity (Wildman–Crippen MR) is 91.3 cm³/mol. The van der Waals surface area contributed by atoms with E-state index in [1.165, 1.54) is 0 Å². The van der Waals surface area contributed by atoms with Gasteiger partial charge in [0.2, 0.25) is 0 Å². The predicted octanol–water partition coefficient (Wildman–Crippen LogP) is 3.07. The lowest BCUT2D eigenvalue weighted by Crippen LogP contribution is -2.34. The van der Waals surface area contributed by atoms with Gasteiger partial charge in [0.05, 0.1) is 6.42 Å². The van der Waals surface area contributed by atoms with Crippen molar-refractivity contribution in [3.05, 3.63) is 48.8 Å². The molecule has 0 aliphatic rings. The molecule has 6 nitrogen and oxygen atoms in total. The topological polar surface area (TPSA) is 80.6 Å². The van der Waals surface area contributed by atoms with E-state index in [-0.39, 0.29) is 6.42 Å². The molecule has 0 aliphatic heterocycles. The summed E-state index contributed by atoms with van der Waals surface area (Å²) in [5.74, 6) is -1.65. The number of hydrogen-bond acceptors (Lipinski definition) is 4. The highest BCUT2D eigenvalue weighted by molar-refractivity contribution is 5.84. The summed E-state index contributed by atoms with van der Waals surface area (Å²) in [5, 5.41) is 12.2. The SMILES string of the molecule is CC(C)(C)OC(=O)C[C@H](Nc1ccc(-n2cccc2)cc1)C(=O)O. The number of hydrogen-bond donors (Lipinski definition) is 2. The molecular weight excluding hydrogens is 308 g/mol. The Morgan fingerprint density at radius 2 is 1.75 bits per heavy atom. The molecular formula is C18H22N2O4. The lowest BCUT2D eigenvalue weighted by molar-refractivity contribution is -0.157. The van der Waals surface area contributed by atoms with Crippen molar-refractivity contribution in [3.8, 4) is 5.69 Å². The van der Waals surface area contributed by atoms with Crippen LogP contribution >= 0.6 is 0 Å². The molecule has 0 fully saturated rings. The number of esters is 1. The van der Waals surface area contributed by atoms with Crippen LogP contribution in [0.15, 0.2) is 48.8 Å². The molecule has 0 spiro atoms. The minimum Gasteiger partial charge on any atom is -0.480 e. The number of carboxylic acids is 1. The van der Waals surface area contributed by atoms with E-state index in [9.17, 15) is 14.7 Å². The molecule has 1 atom stereocenters. The first-order valence-corrected chi connectivity index (χ1v) is 7.69. The van der Waals surface area contributed by atoms with E-state index in [1.807, 2.05) is 41.2 Å². The van der Waals surface area contributed by atoms with Crippen molar-refractivity contribution in [2.45, 2.75) is 38.8 Å². The normalized spacial score (nSPS) is 12.5. The monoisotopic (exact) mass is 330 g/mol. The molecule has 1 heterocycles. The Bertz CT molecular complexity index is 685. The van der Waals surface area contributed by atoms with Gasteiger partial charge < -0.3 is 19.7 Å². The highest BCUT2D eigenvalue weighted by atomic mass is 16.6. The first-order chi connectivity index (χ1) is 11.2. The average Bonchev–Trinajstić information content (AvgIpc) is 2.99. The molecule has 1 aromatic heterocycles. The highest BCUT2D eigenvalue weighted by Gasteiger charge is 2.25. The molecule has 0 saturated heterocycles. The zero-order valence-corrected chi connectivity index (χ0v) is 14.0. The number of benzene rings is 1. The van der Waals surface area contributed by atoms with Crippen LogP contribution in [0.4, 0.5) is 5.69 Å². The Labute approximate surface area is 141 Å². The molecule has 0 unspecified atom stereocenters. The van der Waals surface area contributed by atoms with Gasteiger partial charge in [-0.1, -0.05) is 0 Å². The number of nitrogens with one attached hydrogen (secondary N) is 1. The maximum absolute atomic E-state index is 11.8. The third-order valence-electron chi connectivity index (χ3n) is 3.20. The van der Waals surface area contributed by atoms with Gasteiger partial charge in [-0.3, -0.25) is 4.79 Å². The lowest BCUT2D eigenvalue weighted by Gasteiger charge is -2.21. The summed E-state index contributed by atoms with van der Waals surface area (Å²) in [6.07, 6.45) is 3.60. The first kappa shape index (κ1) is 17.6. The zero-order valence-electron chi connectivity index (χ0n) is 14.0. The number of anilines is 1. The number of carbonyl (C=O) groups excluding carboxylic acids is 1. The molecule has 2 rings (SSSR count). The minimum absolute atomic E-state index is 0.244. The van der Waals surface area contributed by atoms with E-state index in [0.29, 0.717) is 5.69 Å². The van der Waals surface area contributed by atoms with Crippen molar-refractivity contribution in [1.29, 1.82) is 0 Å². The maximum Gasteiger partial charge on any atom is 0.326 e. The fourth-order valence-corrected chi connectivity index (χ4v) is 2.19. The van der Waals surface area contributed by atoms with Crippen molar-refractivity contribution in [2.75, 3.05) is 5.32 Å². The quantitative estimate of drug-likeness (QED) is 0.796. The number of carbonyl (C=O) groups is 2. The largest absolute Gasteiger partial charge is 0.480 e. The second-order valence-electron chi connectivity index (χ2n) is 6.46. The van der Waals surface area contributed by atoms with Crippen LogP contribution in [-0.2, 0) is 14.3 Å². The number of aliphatic carboxylic acids is 1. The van der Waals surface area contributed by atoms with E-state index in [4.69, 9.17) is 4.74 Å². The summed E-state index contributed by atoms with van der Waals surface area (Å²) in [5.41, 5.74) is 0.949. The molecule has 128 valence electrons. The van der Waals surface area contributed by atoms with Crippen LogP contribution in [-0.4, -0.2) is 33.3 Å². The molecule has 2 N–H and O–H groups in total.